The zero-order valence-electron chi connectivity index (χ0n) is 18.8. The smallest absolute Gasteiger partial charge is 0.308 e. The third kappa shape index (κ3) is 5.38. The van der Waals surface area contributed by atoms with E-state index in [0.29, 0.717) is 23.4 Å². The van der Waals surface area contributed by atoms with Crippen LogP contribution in [0, 0.1) is 0 Å². The topological polar surface area (TPSA) is 88.5 Å². The number of aryl methyl sites for hydroxylation is 1. The summed E-state index contributed by atoms with van der Waals surface area (Å²) in [7, 11) is -3.66. The van der Waals surface area contributed by atoms with Crippen LogP contribution >= 0.6 is 34.5 Å². The minimum Gasteiger partial charge on any atom is -0.322 e. The summed E-state index contributed by atoms with van der Waals surface area (Å²) in [6, 6.07) is 16.7. The van der Waals surface area contributed by atoms with Gasteiger partial charge in [0.25, 0.3) is 5.91 Å². The van der Waals surface area contributed by atoms with Crippen LogP contribution in [0.2, 0.25) is 10.0 Å². The summed E-state index contributed by atoms with van der Waals surface area (Å²) in [6.07, 6.45) is 1.09. The van der Waals surface area contributed by atoms with Gasteiger partial charge in [0.05, 0.1) is 38.7 Å². The van der Waals surface area contributed by atoms with Gasteiger partial charge in [-0.15, -0.1) is 0 Å². The molecule has 1 heterocycles. The van der Waals surface area contributed by atoms with Crippen molar-refractivity contribution in [3.05, 3.63) is 91.5 Å². The molecule has 1 N–H and O–H groups in total. The minimum absolute atomic E-state index is 0.0186. The number of nitrogens with one attached hydrogen (secondary N) is 1. The summed E-state index contributed by atoms with van der Waals surface area (Å²) in [5, 5.41) is 3.24. The number of halogens is 2. The maximum Gasteiger partial charge on any atom is 0.308 e. The van der Waals surface area contributed by atoms with E-state index in [1.54, 1.807) is 59.2 Å². The molecule has 3 aromatic carbocycles. The van der Waals surface area contributed by atoms with Crippen LogP contribution in [0.4, 0.5) is 11.4 Å². The first-order valence-corrected chi connectivity index (χ1v) is 14.0. The van der Waals surface area contributed by atoms with E-state index in [1.807, 2.05) is 13.0 Å². The van der Waals surface area contributed by atoms with E-state index in [9.17, 15) is 18.0 Å². The van der Waals surface area contributed by atoms with Crippen LogP contribution in [0.5, 0.6) is 0 Å². The van der Waals surface area contributed by atoms with E-state index in [-0.39, 0.29) is 33.1 Å². The number of aromatic nitrogens is 1. The lowest BCUT2D eigenvalue weighted by atomic mass is 10.1. The van der Waals surface area contributed by atoms with Gasteiger partial charge < -0.3 is 5.32 Å². The molecule has 0 atom stereocenters. The second kappa shape index (κ2) is 10.0. The normalized spacial score (nSPS) is 11.5. The molecule has 1 amide bonds. The molecule has 0 bridgehead atoms. The fraction of sp³-hybridized carbons (Fsp3) is 0.167. The number of anilines is 2. The Hall–Kier alpha value is -2.85. The van der Waals surface area contributed by atoms with Crippen LogP contribution in [0.15, 0.2) is 65.5 Å². The monoisotopic (exact) mass is 549 g/mol. The predicted octanol–water partition coefficient (Wildman–Crippen LogP) is 5.61. The number of rotatable bonds is 7. The number of hydrogen-bond donors (Lipinski definition) is 1. The van der Waals surface area contributed by atoms with Gasteiger partial charge in [-0.2, -0.15) is 0 Å². The largest absolute Gasteiger partial charge is 0.322 e. The number of benzene rings is 3. The van der Waals surface area contributed by atoms with Crippen LogP contribution in [0.25, 0.3) is 10.2 Å². The number of fused-ring (bicyclic) bond motifs is 1. The molecule has 0 unspecified atom stereocenters. The molecule has 4 rings (SSSR count). The van der Waals surface area contributed by atoms with Gasteiger partial charge in [0, 0.05) is 17.8 Å². The average Bonchev–Trinajstić information content (AvgIpc) is 3.13. The van der Waals surface area contributed by atoms with E-state index < -0.39 is 10.0 Å². The highest BCUT2D eigenvalue weighted by Crippen LogP contribution is 2.34. The van der Waals surface area contributed by atoms with E-state index in [2.05, 4.69) is 5.32 Å². The van der Waals surface area contributed by atoms with Crippen molar-refractivity contribution in [3.63, 3.8) is 0 Å². The van der Waals surface area contributed by atoms with Crippen LogP contribution in [0.1, 0.15) is 22.8 Å². The molecule has 0 aliphatic heterocycles. The lowest BCUT2D eigenvalue weighted by Crippen LogP contribution is -2.29. The second-order valence-electron chi connectivity index (χ2n) is 7.79. The van der Waals surface area contributed by atoms with Gasteiger partial charge in [-0.25, -0.2) is 8.42 Å². The second-order valence-corrected chi connectivity index (χ2v) is 11.5. The predicted molar refractivity (Wildman–Crippen MR) is 144 cm³/mol. The highest BCUT2D eigenvalue weighted by molar-refractivity contribution is 7.92. The van der Waals surface area contributed by atoms with E-state index in [0.717, 1.165) is 27.8 Å². The van der Waals surface area contributed by atoms with Gasteiger partial charge in [0.2, 0.25) is 10.0 Å². The van der Waals surface area contributed by atoms with Crippen molar-refractivity contribution < 1.29 is 13.2 Å². The first kappa shape index (κ1) is 25.2. The number of sulfonamides is 1. The Balaban J connectivity index is 1.53. The van der Waals surface area contributed by atoms with Crippen LogP contribution < -0.4 is 14.5 Å². The highest BCUT2D eigenvalue weighted by atomic mass is 35.5. The molecule has 0 radical (unpaired) electrons. The summed E-state index contributed by atoms with van der Waals surface area (Å²) < 4.78 is 28.6. The Morgan fingerprint density at radius 1 is 1.09 bits per heavy atom. The summed E-state index contributed by atoms with van der Waals surface area (Å²) in [6.45, 7) is 2.51. The summed E-state index contributed by atoms with van der Waals surface area (Å²) in [4.78, 5) is 24.8. The molecule has 0 aliphatic carbocycles. The maximum atomic E-state index is 12.8. The van der Waals surface area contributed by atoms with Crippen molar-refractivity contribution in [2.45, 2.75) is 20.0 Å². The third-order valence-corrected chi connectivity index (χ3v) is 8.26. The van der Waals surface area contributed by atoms with Crippen molar-refractivity contribution in [2.75, 3.05) is 15.9 Å². The van der Waals surface area contributed by atoms with Gasteiger partial charge in [-0.3, -0.25) is 18.5 Å². The number of amides is 1. The lowest BCUT2D eigenvalue weighted by Gasteiger charge is -2.24. The van der Waals surface area contributed by atoms with Crippen LogP contribution in [-0.2, 0) is 23.1 Å². The number of carbonyl (C=O) groups is 1. The molecule has 35 heavy (non-hydrogen) atoms. The third-order valence-electron chi connectivity index (χ3n) is 5.38. The van der Waals surface area contributed by atoms with E-state index in [1.165, 1.54) is 4.31 Å². The molecule has 0 saturated carbocycles. The molecule has 11 heteroatoms. The van der Waals surface area contributed by atoms with Crippen LogP contribution in [-0.4, -0.2) is 25.1 Å². The van der Waals surface area contributed by atoms with Crippen molar-refractivity contribution in [2.24, 2.45) is 0 Å². The van der Waals surface area contributed by atoms with Crippen molar-refractivity contribution in [1.29, 1.82) is 0 Å². The van der Waals surface area contributed by atoms with Gasteiger partial charge in [-0.1, -0.05) is 52.7 Å². The Morgan fingerprint density at radius 2 is 1.80 bits per heavy atom. The molecule has 0 spiro atoms. The molecule has 7 nitrogen and oxygen atoms in total. The molecule has 0 fully saturated rings. The maximum absolute atomic E-state index is 12.8. The number of thiazole rings is 1. The van der Waals surface area contributed by atoms with E-state index >= 15 is 0 Å². The molecule has 4 aromatic rings. The van der Waals surface area contributed by atoms with Crippen molar-refractivity contribution >= 4 is 72.1 Å². The summed E-state index contributed by atoms with van der Waals surface area (Å²) in [5.74, 6) is -0.323. The zero-order valence-corrected chi connectivity index (χ0v) is 21.9. The molecule has 0 aliphatic rings. The standard InChI is InChI=1S/C24H21Cl2N3O4S2/c1-3-28-19-12-11-17(13-21(19)34-24(28)31)27-23(30)16-9-7-15(8-10-16)14-29(35(2,32)33)20-6-4-5-18(25)22(20)26/h4-13H,3,14H2,1-2H3,(H,27,30). The first-order chi connectivity index (χ1) is 16.6. The number of nitrogens with zero attached hydrogens (tertiary/aromatic N) is 2. The average molecular weight is 550 g/mol. The van der Waals surface area contributed by atoms with Gasteiger partial charge >= 0.3 is 4.87 Å². The number of hydrogen-bond acceptors (Lipinski definition) is 5. The fourth-order valence-corrected chi connectivity index (χ4v) is 5.98. The molecule has 0 saturated heterocycles. The molecular formula is C24H21Cl2N3O4S2. The lowest BCUT2D eigenvalue weighted by molar-refractivity contribution is 0.102. The molecule has 1 aromatic heterocycles. The van der Waals surface area contributed by atoms with Gasteiger partial charge in [0.15, 0.2) is 0 Å². The van der Waals surface area contributed by atoms with Crippen molar-refractivity contribution in [3.8, 4) is 0 Å². The Bertz CT molecular complexity index is 1580. The fourth-order valence-electron chi connectivity index (χ4n) is 3.64. The quantitative estimate of drug-likeness (QED) is 0.324. The SMILES string of the molecule is CCn1c(=O)sc2cc(NC(=O)c3ccc(CN(c4cccc(Cl)c4Cl)S(C)(=O)=O)cc3)ccc21. The first-order valence-electron chi connectivity index (χ1n) is 10.5. The van der Waals surface area contributed by atoms with Crippen LogP contribution in [0.3, 0.4) is 0 Å². The summed E-state index contributed by atoms with van der Waals surface area (Å²) in [5.41, 5.74) is 2.75. The van der Waals surface area contributed by atoms with Gasteiger partial charge in [0.1, 0.15) is 0 Å². The number of carbonyl (C=O) groups excluding carboxylic acids is 1. The highest BCUT2D eigenvalue weighted by Gasteiger charge is 2.22. The van der Waals surface area contributed by atoms with Gasteiger partial charge in [-0.05, 0) is 55.0 Å². The minimum atomic E-state index is -3.66. The van der Waals surface area contributed by atoms with E-state index in [4.69, 9.17) is 23.2 Å². The Labute approximate surface area is 216 Å². The Morgan fingerprint density at radius 3 is 2.46 bits per heavy atom. The molecular weight excluding hydrogens is 529 g/mol. The Kier molecular flexibility index (Phi) is 7.23. The zero-order chi connectivity index (χ0) is 25.3. The molecule has 182 valence electrons. The summed E-state index contributed by atoms with van der Waals surface area (Å²) >= 11 is 13.5. The van der Waals surface area contributed by atoms with Crippen molar-refractivity contribution in [1.82, 2.24) is 4.57 Å².